The highest BCUT2D eigenvalue weighted by Gasteiger charge is 2.20. The zero-order chi connectivity index (χ0) is 17.2. The molecule has 0 bridgehead atoms. The van der Waals surface area contributed by atoms with E-state index < -0.39 is 16.0 Å². The summed E-state index contributed by atoms with van der Waals surface area (Å²) in [5.74, 6) is -1.76. The van der Waals surface area contributed by atoms with Crippen LogP contribution in [0.15, 0.2) is 47.4 Å². The van der Waals surface area contributed by atoms with Crippen LogP contribution in [0.25, 0.3) is 0 Å². The monoisotopic (exact) mass is 332 g/mol. The van der Waals surface area contributed by atoms with Gasteiger partial charge < -0.3 is 9.90 Å². The quantitative estimate of drug-likeness (QED) is 0.833. The number of carboxylic acids is 1. The van der Waals surface area contributed by atoms with E-state index >= 15 is 0 Å². The Kier molecular flexibility index (Phi) is 4.51. The first-order chi connectivity index (χ1) is 10.7. The van der Waals surface area contributed by atoms with E-state index in [9.17, 15) is 23.1 Å². The Bertz CT molecular complexity index is 887. The predicted octanol–water partition coefficient (Wildman–Crippen LogP) is 1.36. The lowest BCUT2D eigenvalue weighted by Crippen LogP contribution is -2.23. The maximum Gasteiger partial charge on any atom is 0.262 e. The third-order valence-corrected chi connectivity index (χ3v) is 4.77. The molecule has 0 fully saturated rings. The highest BCUT2D eigenvalue weighted by Crippen LogP contribution is 2.23. The van der Waals surface area contributed by atoms with Crippen LogP contribution in [0.1, 0.15) is 33.2 Å². The van der Waals surface area contributed by atoms with Crippen molar-refractivity contribution < 1.29 is 23.1 Å². The number of ketones is 1. The van der Waals surface area contributed by atoms with Gasteiger partial charge in [-0.05, 0) is 43.2 Å². The number of Topliss-reactive ketones (excluding diaryl/α,β-unsaturated/α-hetero) is 1. The number of hydrogen-bond donors (Lipinski definition) is 1. The number of rotatable bonds is 5. The first-order valence-electron chi connectivity index (χ1n) is 6.67. The summed E-state index contributed by atoms with van der Waals surface area (Å²) in [6.07, 6.45) is 0. The molecular weight excluding hydrogens is 318 g/mol. The minimum atomic E-state index is -4.05. The van der Waals surface area contributed by atoms with E-state index in [0.717, 1.165) is 6.07 Å². The van der Waals surface area contributed by atoms with E-state index in [4.69, 9.17) is 0 Å². The van der Waals surface area contributed by atoms with Gasteiger partial charge in [0.15, 0.2) is 5.78 Å². The number of para-hydroxylation sites is 1. The average Bonchev–Trinajstić information content (AvgIpc) is 2.47. The summed E-state index contributed by atoms with van der Waals surface area (Å²) in [5.41, 5.74) is 0.502. The van der Waals surface area contributed by atoms with E-state index in [1.54, 1.807) is 19.1 Å². The number of benzene rings is 2. The van der Waals surface area contributed by atoms with Gasteiger partial charge in [-0.25, -0.2) is 8.42 Å². The molecule has 0 heterocycles. The second-order valence-corrected chi connectivity index (χ2v) is 6.63. The smallest absolute Gasteiger partial charge is 0.262 e. The van der Waals surface area contributed by atoms with Crippen LogP contribution in [0, 0.1) is 6.92 Å². The number of nitrogens with one attached hydrogen (secondary N) is 1. The van der Waals surface area contributed by atoms with Crippen LogP contribution < -0.4 is 9.83 Å². The molecule has 0 saturated heterocycles. The molecular formula is C16H14NO5S-. The highest BCUT2D eigenvalue weighted by molar-refractivity contribution is 7.92. The lowest BCUT2D eigenvalue weighted by Gasteiger charge is -2.14. The lowest BCUT2D eigenvalue weighted by atomic mass is 10.1. The zero-order valence-corrected chi connectivity index (χ0v) is 13.3. The number of carbonyl (C=O) groups excluding carboxylic acids is 2. The molecule has 0 amide bonds. The molecule has 2 aromatic rings. The summed E-state index contributed by atoms with van der Waals surface area (Å²) >= 11 is 0. The molecule has 0 aliphatic rings. The Balaban J connectivity index is 2.50. The standard InChI is InChI=1S/C16H15NO5S/c1-10-7-8-12(16(19)20)9-15(10)23(21,22)17-14-6-4-3-5-13(14)11(2)18/h3-9,17H,1-2H3,(H,19,20)/p-1. The van der Waals surface area contributed by atoms with Crippen molar-refractivity contribution in [3.05, 3.63) is 59.2 Å². The van der Waals surface area contributed by atoms with Gasteiger partial charge in [-0.15, -0.1) is 0 Å². The summed E-state index contributed by atoms with van der Waals surface area (Å²) < 4.78 is 27.4. The van der Waals surface area contributed by atoms with Gasteiger partial charge in [0.1, 0.15) is 0 Å². The van der Waals surface area contributed by atoms with Gasteiger partial charge in [0.25, 0.3) is 10.0 Å². The summed E-state index contributed by atoms with van der Waals surface area (Å²) in [7, 11) is -4.05. The fourth-order valence-electron chi connectivity index (χ4n) is 2.10. The number of hydrogen-bond acceptors (Lipinski definition) is 5. The number of carboxylic acid groups (broad SMARTS) is 1. The predicted molar refractivity (Wildman–Crippen MR) is 82.8 cm³/mol. The highest BCUT2D eigenvalue weighted by atomic mass is 32.2. The second-order valence-electron chi connectivity index (χ2n) is 4.98. The van der Waals surface area contributed by atoms with Gasteiger partial charge >= 0.3 is 0 Å². The summed E-state index contributed by atoms with van der Waals surface area (Å²) in [6, 6.07) is 9.87. The molecule has 0 spiro atoms. The van der Waals surface area contributed by atoms with E-state index in [2.05, 4.69) is 4.72 Å². The van der Waals surface area contributed by atoms with Crippen LogP contribution in [0.3, 0.4) is 0 Å². The van der Waals surface area contributed by atoms with Crippen molar-refractivity contribution >= 4 is 27.5 Å². The minimum Gasteiger partial charge on any atom is -0.545 e. The molecule has 0 radical (unpaired) electrons. The summed E-state index contributed by atoms with van der Waals surface area (Å²) in [5, 5.41) is 10.9. The third kappa shape index (κ3) is 3.57. The SMILES string of the molecule is CC(=O)c1ccccc1NS(=O)(=O)c1cc(C(=O)[O-])ccc1C. The average molecular weight is 332 g/mol. The van der Waals surface area contributed by atoms with Crippen molar-refractivity contribution in [2.45, 2.75) is 18.7 Å². The lowest BCUT2D eigenvalue weighted by molar-refractivity contribution is -0.255. The molecule has 2 rings (SSSR count). The van der Waals surface area contributed by atoms with Crippen LogP contribution in [0.5, 0.6) is 0 Å². The third-order valence-electron chi connectivity index (χ3n) is 3.26. The molecule has 0 unspecified atom stereocenters. The topological polar surface area (TPSA) is 103 Å². The fraction of sp³-hybridized carbons (Fsp3) is 0.125. The zero-order valence-electron chi connectivity index (χ0n) is 12.5. The van der Waals surface area contributed by atoms with Crippen LogP contribution in [-0.2, 0) is 10.0 Å². The van der Waals surface area contributed by atoms with Crippen LogP contribution >= 0.6 is 0 Å². The van der Waals surface area contributed by atoms with Crippen LogP contribution in [0.2, 0.25) is 0 Å². The van der Waals surface area contributed by atoms with Gasteiger partial charge in [-0.3, -0.25) is 9.52 Å². The van der Waals surface area contributed by atoms with Crippen molar-refractivity contribution in [1.29, 1.82) is 0 Å². The Morgan fingerprint density at radius 1 is 1.09 bits per heavy atom. The molecule has 0 aromatic heterocycles. The van der Waals surface area contributed by atoms with Crippen molar-refractivity contribution in [2.24, 2.45) is 0 Å². The van der Waals surface area contributed by atoms with E-state index in [1.807, 2.05) is 0 Å². The van der Waals surface area contributed by atoms with Crippen LogP contribution in [-0.4, -0.2) is 20.2 Å². The molecule has 0 saturated carbocycles. The van der Waals surface area contributed by atoms with Gasteiger partial charge in [0.2, 0.25) is 0 Å². The largest absolute Gasteiger partial charge is 0.545 e. The second kappa shape index (κ2) is 6.21. The van der Waals surface area contributed by atoms with Crippen molar-refractivity contribution in [1.82, 2.24) is 0 Å². The Labute approximate surface area is 133 Å². The number of carbonyl (C=O) groups is 2. The van der Waals surface area contributed by atoms with Gasteiger partial charge in [0.05, 0.1) is 16.6 Å². The Morgan fingerprint density at radius 2 is 1.74 bits per heavy atom. The van der Waals surface area contributed by atoms with Gasteiger partial charge in [-0.2, -0.15) is 0 Å². The van der Waals surface area contributed by atoms with E-state index in [1.165, 1.54) is 31.2 Å². The Hall–Kier alpha value is -2.67. The first kappa shape index (κ1) is 16.7. The first-order valence-corrected chi connectivity index (χ1v) is 8.15. The maximum absolute atomic E-state index is 12.5. The molecule has 0 aliphatic heterocycles. The molecule has 7 heteroatoms. The van der Waals surface area contributed by atoms with E-state index in [0.29, 0.717) is 5.56 Å². The molecule has 1 N–H and O–H groups in total. The Morgan fingerprint density at radius 3 is 2.35 bits per heavy atom. The molecule has 23 heavy (non-hydrogen) atoms. The molecule has 120 valence electrons. The fourth-order valence-corrected chi connectivity index (χ4v) is 3.45. The van der Waals surface area contributed by atoms with Crippen LogP contribution in [0.4, 0.5) is 5.69 Å². The van der Waals surface area contributed by atoms with Crippen molar-refractivity contribution in [3.8, 4) is 0 Å². The molecule has 0 atom stereocenters. The normalized spacial score (nSPS) is 11.0. The minimum absolute atomic E-state index is 0.137. The van der Waals surface area contributed by atoms with Gasteiger partial charge in [-0.1, -0.05) is 24.3 Å². The molecule has 2 aromatic carbocycles. The number of aromatic carboxylic acids is 1. The number of sulfonamides is 1. The number of aryl methyl sites for hydroxylation is 1. The molecule has 0 aliphatic carbocycles. The number of anilines is 1. The van der Waals surface area contributed by atoms with Gasteiger partial charge in [0, 0.05) is 5.56 Å². The van der Waals surface area contributed by atoms with E-state index in [-0.39, 0.29) is 27.5 Å². The van der Waals surface area contributed by atoms with Crippen molar-refractivity contribution in [2.75, 3.05) is 4.72 Å². The molecule has 6 nitrogen and oxygen atoms in total. The maximum atomic E-state index is 12.5. The van der Waals surface area contributed by atoms with Crippen molar-refractivity contribution in [3.63, 3.8) is 0 Å². The summed E-state index contributed by atoms with van der Waals surface area (Å²) in [4.78, 5) is 22.3. The summed E-state index contributed by atoms with van der Waals surface area (Å²) in [6.45, 7) is 2.87.